The number of para-hydroxylation sites is 1. The van der Waals surface area contributed by atoms with Crippen LogP contribution in [0, 0.1) is 5.95 Å². The van der Waals surface area contributed by atoms with Crippen LogP contribution in [0.25, 0.3) is 10.9 Å². The third-order valence-corrected chi connectivity index (χ3v) is 2.82. The van der Waals surface area contributed by atoms with Crippen LogP contribution in [0.2, 0.25) is 0 Å². The predicted octanol–water partition coefficient (Wildman–Crippen LogP) is 3.38. The lowest BCUT2D eigenvalue weighted by atomic mass is 10.2. The number of rotatable bonds is 3. The summed E-state index contributed by atoms with van der Waals surface area (Å²) in [5.41, 5.74) is 1.85. The molecule has 1 N–H and O–H groups in total. The van der Waals surface area contributed by atoms with E-state index < -0.39 is 5.95 Å². The van der Waals surface area contributed by atoms with Crippen molar-refractivity contribution in [3.63, 3.8) is 0 Å². The van der Waals surface area contributed by atoms with Gasteiger partial charge in [0.05, 0.1) is 17.8 Å². The van der Waals surface area contributed by atoms with Crippen molar-refractivity contribution in [3.05, 3.63) is 66.2 Å². The fourth-order valence-corrected chi connectivity index (χ4v) is 1.89. The monoisotopic (exact) mass is 253 g/mol. The fraction of sp³-hybridized carbons (Fsp3) is 0.0667. The van der Waals surface area contributed by atoms with Crippen molar-refractivity contribution >= 4 is 16.7 Å². The summed E-state index contributed by atoms with van der Waals surface area (Å²) in [5, 5.41) is 4.16. The van der Waals surface area contributed by atoms with E-state index in [4.69, 9.17) is 0 Å². The molecule has 19 heavy (non-hydrogen) atoms. The third-order valence-electron chi connectivity index (χ3n) is 2.82. The van der Waals surface area contributed by atoms with Crippen molar-refractivity contribution < 1.29 is 4.39 Å². The molecule has 0 amide bonds. The number of fused-ring (bicyclic) bond motifs is 1. The van der Waals surface area contributed by atoms with Gasteiger partial charge in [0.2, 0.25) is 5.95 Å². The first-order valence-electron chi connectivity index (χ1n) is 6.02. The summed E-state index contributed by atoms with van der Waals surface area (Å²) in [6, 6.07) is 16.6. The number of hydrogen-bond donors (Lipinski definition) is 1. The molecule has 94 valence electrons. The first-order valence-corrected chi connectivity index (χ1v) is 6.02. The molecule has 0 unspecified atom stereocenters. The zero-order chi connectivity index (χ0) is 13.1. The Kier molecular flexibility index (Phi) is 3.06. The van der Waals surface area contributed by atoms with E-state index in [0.29, 0.717) is 12.4 Å². The van der Waals surface area contributed by atoms with Gasteiger partial charge >= 0.3 is 0 Å². The molecule has 2 heterocycles. The van der Waals surface area contributed by atoms with Crippen molar-refractivity contribution in [2.75, 3.05) is 5.32 Å². The highest BCUT2D eigenvalue weighted by molar-refractivity contribution is 5.78. The standard InChI is InChI=1S/C15H12FN3/c16-14-6-3-7-15(19-14)17-10-12-9-8-11-4-1-2-5-13(11)18-12/h1-9H,10H2,(H,17,19). The second-order valence-corrected chi connectivity index (χ2v) is 4.19. The highest BCUT2D eigenvalue weighted by atomic mass is 19.1. The Hall–Kier alpha value is -2.49. The molecule has 3 rings (SSSR count). The average Bonchev–Trinajstić information content (AvgIpc) is 2.45. The number of anilines is 1. The molecule has 0 spiro atoms. The van der Waals surface area contributed by atoms with E-state index >= 15 is 0 Å². The molecular weight excluding hydrogens is 241 g/mol. The molecule has 4 heteroatoms. The number of hydrogen-bond acceptors (Lipinski definition) is 3. The Balaban J connectivity index is 1.78. The minimum atomic E-state index is -0.489. The van der Waals surface area contributed by atoms with Gasteiger partial charge in [0, 0.05) is 5.39 Å². The van der Waals surface area contributed by atoms with Gasteiger partial charge in [0.1, 0.15) is 5.82 Å². The van der Waals surface area contributed by atoms with Gasteiger partial charge in [-0.2, -0.15) is 4.39 Å². The lowest BCUT2D eigenvalue weighted by Gasteiger charge is -2.06. The number of pyridine rings is 2. The van der Waals surface area contributed by atoms with Gasteiger partial charge in [-0.1, -0.05) is 30.3 Å². The van der Waals surface area contributed by atoms with E-state index in [2.05, 4.69) is 15.3 Å². The van der Waals surface area contributed by atoms with Gasteiger partial charge in [-0.3, -0.25) is 4.98 Å². The number of nitrogens with zero attached hydrogens (tertiary/aromatic N) is 2. The maximum absolute atomic E-state index is 12.9. The van der Waals surface area contributed by atoms with Gasteiger partial charge in [0.15, 0.2) is 0 Å². The first kappa shape index (κ1) is 11.6. The zero-order valence-electron chi connectivity index (χ0n) is 10.2. The maximum atomic E-state index is 12.9. The lowest BCUT2D eigenvalue weighted by Crippen LogP contribution is -2.03. The van der Waals surface area contributed by atoms with Crippen molar-refractivity contribution in [2.45, 2.75) is 6.54 Å². The van der Waals surface area contributed by atoms with Crippen LogP contribution in [-0.2, 0) is 6.54 Å². The number of nitrogens with one attached hydrogen (secondary N) is 1. The first-order chi connectivity index (χ1) is 9.31. The molecule has 0 aliphatic heterocycles. The molecule has 1 aromatic carbocycles. The van der Waals surface area contributed by atoms with Gasteiger partial charge in [-0.25, -0.2) is 4.98 Å². The molecule has 3 nitrogen and oxygen atoms in total. The van der Waals surface area contributed by atoms with Crippen LogP contribution in [0.3, 0.4) is 0 Å². The Morgan fingerprint density at radius 3 is 2.68 bits per heavy atom. The molecule has 0 radical (unpaired) electrons. The van der Waals surface area contributed by atoms with Crippen molar-refractivity contribution in [1.82, 2.24) is 9.97 Å². The SMILES string of the molecule is Fc1cccc(NCc2ccc3ccccc3n2)n1. The van der Waals surface area contributed by atoms with Crippen LogP contribution >= 0.6 is 0 Å². The summed E-state index contributed by atoms with van der Waals surface area (Å²) in [5.74, 6) is 0.0198. The van der Waals surface area contributed by atoms with Crippen LogP contribution in [-0.4, -0.2) is 9.97 Å². The highest BCUT2D eigenvalue weighted by Crippen LogP contribution is 2.12. The topological polar surface area (TPSA) is 37.8 Å². The third kappa shape index (κ3) is 2.68. The Morgan fingerprint density at radius 1 is 0.895 bits per heavy atom. The summed E-state index contributed by atoms with van der Waals surface area (Å²) in [7, 11) is 0. The Labute approximate surface area is 110 Å². The van der Waals surface area contributed by atoms with Crippen LogP contribution in [0.5, 0.6) is 0 Å². The van der Waals surface area contributed by atoms with Gasteiger partial charge < -0.3 is 5.32 Å². The number of halogens is 1. The van der Waals surface area contributed by atoms with E-state index in [-0.39, 0.29) is 0 Å². The summed E-state index contributed by atoms with van der Waals surface area (Å²) in [6.07, 6.45) is 0. The second kappa shape index (κ2) is 5.02. The molecule has 0 bridgehead atoms. The smallest absolute Gasteiger partial charge is 0.214 e. The fourth-order valence-electron chi connectivity index (χ4n) is 1.89. The average molecular weight is 253 g/mol. The van der Waals surface area contributed by atoms with Crippen LogP contribution in [0.4, 0.5) is 10.2 Å². The molecule has 0 atom stereocenters. The van der Waals surface area contributed by atoms with E-state index in [1.165, 1.54) is 6.07 Å². The molecule has 0 aliphatic carbocycles. The Morgan fingerprint density at radius 2 is 1.79 bits per heavy atom. The predicted molar refractivity (Wildman–Crippen MR) is 73.3 cm³/mol. The normalized spacial score (nSPS) is 10.6. The van der Waals surface area contributed by atoms with Crippen LogP contribution in [0.15, 0.2) is 54.6 Å². The van der Waals surface area contributed by atoms with Crippen molar-refractivity contribution in [3.8, 4) is 0 Å². The Bertz CT molecular complexity index is 712. The van der Waals surface area contributed by atoms with Gasteiger partial charge in [-0.15, -0.1) is 0 Å². The molecule has 0 saturated carbocycles. The summed E-state index contributed by atoms with van der Waals surface area (Å²) >= 11 is 0. The van der Waals surface area contributed by atoms with E-state index in [1.54, 1.807) is 12.1 Å². The molecular formula is C15H12FN3. The van der Waals surface area contributed by atoms with E-state index in [9.17, 15) is 4.39 Å². The maximum Gasteiger partial charge on any atom is 0.214 e. The van der Waals surface area contributed by atoms with Crippen molar-refractivity contribution in [1.29, 1.82) is 0 Å². The number of benzene rings is 1. The summed E-state index contributed by atoms with van der Waals surface area (Å²) < 4.78 is 12.9. The molecule has 0 fully saturated rings. The van der Waals surface area contributed by atoms with Crippen LogP contribution in [0.1, 0.15) is 5.69 Å². The lowest BCUT2D eigenvalue weighted by molar-refractivity contribution is 0.585. The van der Waals surface area contributed by atoms with Crippen molar-refractivity contribution in [2.24, 2.45) is 0 Å². The van der Waals surface area contributed by atoms with Crippen LogP contribution < -0.4 is 5.32 Å². The zero-order valence-corrected chi connectivity index (χ0v) is 10.2. The summed E-state index contributed by atoms with van der Waals surface area (Å²) in [6.45, 7) is 0.515. The largest absolute Gasteiger partial charge is 0.364 e. The van der Waals surface area contributed by atoms with Gasteiger partial charge in [-0.05, 0) is 24.3 Å². The minimum absolute atomic E-state index is 0.489. The summed E-state index contributed by atoms with van der Waals surface area (Å²) in [4.78, 5) is 8.27. The quantitative estimate of drug-likeness (QED) is 0.727. The molecule has 2 aromatic heterocycles. The van der Waals surface area contributed by atoms with E-state index in [1.807, 2.05) is 36.4 Å². The highest BCUT2D eigenvalue weighted by Gasteiger charge is 2.00. The molecule has 3 aromatic rings. The second-order valence-electron chi connectivity index (χ2n) is 4.19. The molecule has 0 aliphatic rings. The van der Waals surface area contributed by atoms with Gasteiger partial charge in [0.25, 0.3) is 0 Å². The minimum Gasteiger partial charge on any atom is -0.364 e. The number of aromatic nitrogens is 2. The van der Waals surface area contributed by atoms with E-state index in [0.717, 1.165) is 16.6 Å². The molecule has 0 saturated heterocycles.